The van der Waals surface area contributed by atoms with E-state index in [1.165, 1.54) is 5.56 Å². The zero-order chi connectivity index (χ0) is 29.4. The van der Waals surface area contributed by atoms with Gasteiger partial charge in [-0.05, 0) is 36.2 Å². The molecule has 5 rings (SSSR count). The summed E-state index contributed by atoms with van der Waals surface area (Å²) in [5.74, 6) is 0.177. The van der Waals surface area contributed by atoms with Gasteiger partial charge in [-0.1, -0.05) is 69.3 Å². The Hall–Kier alpha value is -3.21. The lowest BCUT2D eigenvalue weighted by Gasteiger charge is -2.44. The number of hydrogen-bond acceptors (Lipinski definition) is 5. The van der Waals surface area contributed by atoms with Gasteiger partial charge in [-0.3, -0.25) is 4.90 Å². The molecule has 0 aliphatic carbocycles. The Bertz CT molecular complexity index is 1480. The van der Waals surface area contributed by atoms with Crippen molar-refractivity contribution in [2.45, 2.75) is 70.2 Å². The van der Waals surface area contributed by atoms with Crippen LogP contribution in [0.2, 0.25) is 18.1 Å². The maximum absolute atomic E-state index is 14.1. The smallest absolute Gasteiger partial charge is 0.413 e. The van der Waals surface area contributed by atoms with E-state index in [1.54, 1.807) is 18.3 Å². The van der Waals surface area contributed by atoms with Crippen LogP contribution in [0.25, 0.3) is 22.2 Å². The lowest BCUT2D eigenvalue weighted by Crippen LogP contribution is -2.53. The second kappa shape index (κ2) is 11.2. The molecule has 0 unspecified atom stereocenters. The van der Waals surface area contributed by atoms with Gasteiger partial charge in [0.25, 0.3) is 0 Å². The monoisotopic (exact) mass is 581 g/mol. The number of alkyl halides is 3. The Morgan fingerprint density at radius 2 is 1.73 bits per heavy atom. The van der Waals surface area contributed by atoms with Crippen LogP contribution in [0.3, 0.4) is 0 Å². The first-order chi connectivity index (χ1) is 19.3. The number of rotatable bonds is 7. The SMILES string of the molecule is CC(C)(C)[Si](C)(C)O[C@H]1C[C@H](Nc2ncc(C(F)(F)F)c(-c3c[nH]c4ccccc34)n2)CN(Cc2ccccc2)C1. The van der Waals surface area contributed by atoms with Gasteiger partial charge in [-0.15, -0.1) is 0 Å². The van der Waals surface area contributed by atoms with Crippen molar-refractivity contribution in [1.29, 1.82) is 0 Å². The normalized spacial score (nSPS) is 19.0. The summed E-state index contributed by atoms with van der Waals surface area (Å²) in [6.45, 7) is 13.4. The van der Waals surface area contributed by atoms with Gasteiger partial charge in [0, 0.05) is 54.5 Å². The minimum atomic E-state index is -4.59. The third-order valence-electron chi connectivity index (χ3n) is 8.28. The molecule has 10 heteroatoms. The molecule has 2 atom stereocenters. The summed E-state index contributed by atoms with van der Waals surface area (Å²) < 4.78 is 49.0. The largest absolute Gasteiger partial charge is 0.419 e. The number of fused-ring (bicyclic) bond motifs is 1. The van der Waals surface area contributed by atoms with Crippen molar-refractivity contribution in [3.05, 3.63) is 78.1 Å². The fourth-order valence-corrected chi connectivity index (χ4v) is 6.57. The summed E-state index contributed by atoms with van der Waals surface area (Å²) in [5, 5.41) is 4.11. The minimum Gasteiger partial charge on any atom is -0.413 e. The van der Waals surface area contributed by atoms with Crippen LogP contribution < -0.4 is 5.32 Å². The van der Waals surface area contributed by atoms with E-state index < -0.39 is 20.1 Å². The highest BCUT2D eigenvalue weighted by Crippen LogP contribution is 2.40. The Kier molecular flexibility index (Phi) is 8.02. The molecular weight excluding hydrogens is 543 g/mol. The first-order valence-electron chi connectivity index (χ1n) is 14.0. The average Bonchev–Trinajstić information content (AvgIpc) is 3.32. The van der Waals surface area contributed by atoms with Gasteiger partial charge in [0.2, 0.25) is 5.95 Å². The maximum atomic E-state index is 14.1. The molecule has 0 radical (unpaired) electrons. The molecule has 1 saturated heterocycles. The number of anilines is 1. The van der Waals surface area contributed by atoms with Crippen LogP contribution in [0.1, 0.15) is 38.3 Å². The molecular formula is C31H38F3N5OSi. The van der Waals surface area contributed by atoms with E-state index in [0.717, 1.165) is 24.8 Å². The summed E-state index contributed by atoms with van der Waals surface area (Å²) >= 11 is 0. The maximum Gasteiger partial charge on any atom is 0.419 e. The van der Waals surface area contributed by atoms with Gasteiger partial charge in [-0.2, -0.15) is 13.2 Å². The molecule has 0 amide bonds. The van der Waals surface area contributed by atoms with Crippen molar-refractivity contribution < 1.29 is 17.6 Å². The third-order valence-corrected chi connectivity index (χ3v) is 12.8. The van der Waals surface area contributed by atoms with E-state index in [0.29, 0.717) is 23.9 Å². The van der Waals surface area contributed by atoms with Gasteiger partial charge >= 0.3 is 6.18 Å². The highest BCUT2D eigenvalue weighted by atomic mass is 28.4. The van der Waals surface area contributed by atoms with E-state index >= 15 is 0 Å². The van der Waals surface area contributed by atoms with E-state index in [-0.39, 0.29) is 28.8 Å². The quantitative estimate of drug-likeness (QED) is 0.219. The van der Waals surface area contributed by atoms with Crippen LogP contribution >= 0.6 is 0 Å². The predicted molar refractivity (Wildman–Crippen MR) is 160 cm³/mol. The zero-order valence-corrected chi connectivity index (χ0v) is 25.2. The summed E-state index contributed by atoms with van der Waals surface area (Å²) in [7, 11) is -2.05. The number of benzene rings is 2. The predicted octanol–water partition coefficient (Wildman–Crippen LogP) is 7.72. The van der Waals surface area contributed by atoms with Crippen molar-refractivity contribution in [3.63, 3.8) is 0 Å². The van der Waals surface area contributed by atoms with Crippen LogP contribution in [0.4, 0.5) is 19.1 Å². The summed E-state index contributed by atoms with van der Waals surface area (Å²) in [5.41, 5.74) is 1.34. The summed E-state index contributed by atoms with van der Waals surface area (Å²) in [6.07, 6.45) is -1.43. The highest BCUT2D eigenvalue weighted by Gasteiger charge is 2.41. The van der Waals surface area contributed by atoms with Crippen LogP contribution in [0, 0.1) is 0 Å². The number of halogens is 3. The standard InChI is InChI=1S/C31H38F3N5OSi/c1-30(2,3)41(4,5)40-23-15-22(19-39(20-23)18-21-11-7-6-8-12-21)37-29-36-17-26(31(32,33)34)28(38-29)25-16-35-27-14-10-9-13-24(25)27/h6-14,16-17,22-23,35H,15,18-20H2,1-5H3,(H,36,37,38)/t22-,23-/m0/s1. The number of aromatic amines is 1. The second-order valence-corrected chi connectivity index (χ2v) is 17.2. The zero-order valence-electron chi connectivity index (χ0n) is 24.2. The number of piperidine rings is 1. The van der Waals surface area contributed by atoms with Gasteiger partial charge in [-0.25, -0.2) is 9.97 Å². The second-order valence-electron chi connectivity index (χ2n) is 12.5. The number of aromatic nitrogens is 3. The number of para-hydroxylation sites is 1. The van der Waals surface area contributed by atoms with E-state index in [9.17, 15) is 13.2 Å². The van der Waals surface area contributed by atoms with Gasteiger partial charge in [0.15, 0.2) is 8.32 Å². The fourth-order valence-electron chi connectivity index (χ4n) is 5.21. The van der Waals surface area contributed by atoms with Crippen LogP contribution in [-0.4, -0.2) is 53.4 Å². The van der Waals surface area contributed by atoms with Crippen LogP contribution in [0.5, 0.6) is 0 Å². The molecule has 2 aromatic carbocycles. The van der Waals surface area contributed by atoms with Crippen LogP contribution in [0.15, 0.2) is 67.0 Å². The Labute approximate surface area is 240 Å². The molecule has 2 aromatic heterocycles. The molecule has 6 nitrogen and oxygen atoms in total. The fraction of sp³-hybridized carbons (Fsp3) is 0.419. The molecule has 3 heterocycles. The molecule has 1 fully saturated rings. The average molecular weight is 582 g/mol. The van der Waals surface area contributed by atoms with Gasteiger partial charge < -0.3 is 14.7 Å². The first kappa shape index (κ1) is 29.3. The molecule has 0 bridgehead atoms. The Balaban J connectivity index is 1.45. The summed E-state index contributed by atoms with van der Waals surface area (Å²) in [6, 6.07) is 17.4. The van der Waals surface area contributed by atoms with Crippen molar-refractivity contribution in [1.82, 2.24) is 19.9 Å². The lowest BCUT2D eigenvalue weighted by atomic mass is 10.0. The molecule has 0 saturated carbocycles. The Morgan fingerprint density at radius 1 is 1.02 bits per heavy atom. The van der Waals surface area contributed by atoms with Crippen molar-refractivity contribution in [2.75, 3.05) is 18.4 Å². The molecule has 2 N–H and O–H groups in total. The summed E-state index contributed by atoms with van der Waals surface area (Å²) in [4.78, 5) is 14.0. The number of likely N-dealkylation sites (tertiary alicyclic amines) is 1. The third kappa shape index (κ3) is 6.66. The lowest BCUT2D eigenvalue weighted by molar-refractivity contribution is -0.137. The number of nitrogens with zero attached hydrogens (tertiary/aromatic N) is 3. The highest BCUT2D eigenvalue weighted by molar-refractivity contribution is 6.74. The molecule has 1 aliphatic rings. The number of H-pyrrole nitrogens is 1. The molecule has 218 valence electrons. The molecule has 41 heavy (non-hydrogen) atoms. The van der Waals surface area contributed by atoms with E-state index in [1.807, 2.05) is 30.3 Å². The van der Waals surface area contributed by atoms with Crippen molar-refractivity contribution in [3.8, 4) is 11.3 Å². The molecule has 1 aliphatic heterocycles. The Morgan fingerprint density at radius 3 is 2.44 bits per heavy atom. The van der Waals surface area contributed by atoms with Gasteiger partial charge in [0.1, 0.15) is 5.56 Å². The van der Waals surface area contributed by atoms with Crippen LogP contribution in [-0.2, 0) is 17.1 Å². The number of nitrogens with one attached hydrogen (secondary N) is 2. The van der Waals surface area contributed by atoms with E-state index in [2.05, 4.69) is 71.2 Å². The van der Waals surface area contributed by atoms with E-state index in [4.69, 9.17) is 4.43 Å². The number of hydrogen-bond donors (Lipinski definition) is 2. The first-order valence-corrected chi connectivity index (χ1v) is 16.9. The van der Waals surface area contributed by atoms with Gasteiger partial charge in [0.05, 0.1) is 11.8 Å². The van der Waals surface area contributed by atoms with Crippen molar-refractivity contribution >= 4 is 25.2 Å². The molecule has 4 aromatic rings. The minimum absolute atomic E-state index is 0.0200. The topological polar surface area (TPSA) is 66.1 Å². The molecule has 0 spiro atoms. The van der Waals surface area contributed by atoms with Crippen molar-refractivity contribution in [2.24, 2.45) is 0 Å².